The Labute approximate surface area is 207 Å². The van der Waals surface area contributed by atoms with Crippen LogP contribution in [0.4, 0.5) is 16.2 Å². The predicted molar refractivity (Wildman–Crippen MR) is 136 cm³/mol. The number of pyridine rings is 1. The van der Waals surface area contributed by atoms with Crippen molar-refractivity contribution in [3.8, 4) is 17.0 Å². The maximum absolute atomic E-state index is 13.4. The van der Waals surface area contributed by atoms with Crippen molar-refractivity contribution in [2.45, 2.75) is 19.9 Å². The fourth-order valence-electron chi connectivity index (χ4n) is 4.58. The van der Waals surface area contributed by atoms with E-state index in [4.69, 9.17) is 15.5 Å². The summed E-state index contributed by atoms with van der Waals surface area (Å²) < 4.78 is 19.5. The van der Waals surface area contributed by atoms with E-state index in [0.29, 0.717) is 37.7 Å². The molecule has 0 atom stereocenters. The lowest BCUT2D eigenvalue weighted by Gasteiger charge is -2.24. The molecule has 5 aromatic rings. The molecule has 4 heterocycles. The summed E-state index contributed by atoms with van der Waals surface area (Å²) in [5.41, 5.74) is 12.9. The molecule has 0 saturated heterocycles. The third kappa shape index (κ3) is 4.19. The normalized spacial score (nSPS) is 13.3. The number of ether oxygens (including phenoxy) is 1. The number of imidazole rings is 1. The van der Waals surface area contributed by atoms with Crippen LogP contribution in [0.25, 0.3) is 22.4 Å². The number of hydrogen-bond donors (Lipinski definition) is 2. The summed E-state index contributed by atoms with van der Waals surface area (Å²) >= 11 is 0. The molecule has 1 aliphatic heterocycles. The highest BCUT2D eigenvalue weighted by atomic mass is 19.1. The van der Waals surface area contributed by atoms with E-state index in [0.717, 1.165) is 50.7 Å². The molecular weight excluding hydrogens is 457 g/mol. The van der Waals surface area contributed by atoms with Crippen molar-refractivity contribution >= 4 is 22.9 Å². The standard InChI is InChI=1S/C27H24FN7O/c1-16-21(12-17-2-5-20(28)6-3-17)26(31-15-30-16)35-10-11-36-24-9-4-18(13-19(24)14-35)22-7-8-23-25(32-22)34-27(29)33-23/h2-9,13,15H,10-12,14H2,1H3,(H3,29,32,33,34). The summed E-state index contributed by atoms with van der Waals surface area (Å²) in [6, 6.07) is 16.5. The first-order valence-corrected chi connectivity index (χ1v) is 11.7. The Morgan fingerprint density at radius 3 is 2.78 bits per heavy atom. The first kappa shape index (κ1) is 22.0. The number of aryl methyl sites for hydroxylation is 1. The molecule has 3 aromatic heterocycles. The number of H-pyrrole nitrogens is 1. The quantitative estimate of drug-likeness (QED) is 0.391. The molecule has 0 saturated carbocycles. The van der Waals surface area contributed by atoms with Gasteiger partial charge in [-0.15, -0.1) is 0 Å². The fourth-order valence-corrected chi connectivity index (χ4v) is 4.58. The van der Waals surface area contributed by atoms with Crippen LogP contribution in [0.15, 0.2) is 60.9 Å². The number of nitrogens with zero attached hydrogens (tertiary/aromatic N) is 5. The molecule has 2 aromatic carbocycles. The Morgan fingerprint density at radius 2 is 1.92 bits per heavy atom. The van der Waals surface area contributed by atoms with Gasteiger partial charge in [-0.05, 0) is 55.0 Å². The molecular formula is C27H24FN7O. The van der Waals surface area contributed by atoms with E-state index in [9.17, 15) is 4.39 Å². The van der Waals surface area contributed by atoms with Crippen molar-refractivity contribution in [1.82, 2.24) is 24.9 Å². The van der Waals surface area contributed by atoms with Crippen LogP contribution in [0, 0.1) is 12.7 Å². The first-order chi connectivity index (χ1) is 17.5. The molecule has 1 aliphatic rings. The van der Waals surface area contributed by atoms with Crippen LogP contribution in [-0.4, -0.2) is 38.1 Å². The van der Waals surface area contributed by atoms with Crippen molar-refractivity contribution in [1.29, 1.82) is 0 Å². The molecule has 0 aliphatic carbocycles. The number of hydrogen-bond acceptors (Lipinski definition) is 7. The van der Waals surface area contributed by atoms with Gasteiger partial charge in [-0.3, -0.25) is 0 Å². The predicted octanol–water partition coefficient (Wildman–Crippen LogP) is 4.43. The zero-order chi connectivity index (χ0) is 24.6. The van der Waals surface area contributed by atoms with Crippen LogP contribution in [0.3, 0.4) is 0 Å². The van der Waals surface area contributed by atoms with E-state index in [-0.39, 0.29) is 5.82 Å². The molecule has 0 spiro atoms. The van der Waals surface area contributed by atoms with E-state index in [2.05, 4.69) is 30.9 Å². The highest BCUT2D eigenvalue weighted by Crippen LogP contribution is 2.32. The molecule has 0 bridgehead atoms. The van der Waals surface area contributed by atoms with Crippen molar-refractivity contribution in [2.24, 2.45) is 0 Å². The van der Waals surface area contributed by atoms with Crippen molar-refractivity contribution in [3.05, 3.63) is 89.1 Å². The van der Waals surface area contributed by atoms with E-state index in [1.165, 1.54) is 12.1 Å². The number of benzene rings is 2. The maximum atomic E-state index is 13.4. The van der Waals surface area contributed by atoms with Gasteiger partial charge in [0.05, 0.1) is 12.2 Å². The van der Waals surface area contributed by atoms with Crippen LogP contribution >= 0.6 is 0 Å². The number of anilines is 2. The molecule has 3 N–H and O–H groups in total. The van der Waals surface area contributed by atoms with Gasteiger partial charge in [0.1, 0.15) is 35.8 Å². The Kier molecular flexibility index (Phi) is 5.44. The highest BCUT2D eigenvalue weighted by Gasteiger charge is 2.21. The van der Waals surface area contributed by atoms with E-state index < -0.39 is 0 Å². The number of rotatable bonds is 4. The summed E-state index contributed by atoms with van der Waals surface area (Å²) in [6.07, 6.45) is 2.21. The summed E-state index contributed by atoms with van der Waals surface area (Å²) in [5, 5.41) is 0. The lowest BCUT2D eigenvalue weighted by molar-refractivity contribution is 0.331. The second-order valence-corrected chi connectivity index (χ2v) is 8.84. The second-order valence-electron chi connectivity index (χ2n) is 8.84. The number of nitrogen functional groups attached to an aromatic ring is 1. The van der Waals surface area contributed by atoms with Crippen LogP contribution in [0.5, 0.6) is 5.75 Å². The van der Waals surface area contributed by atoms with Gasteiger partial charge in [-0.2, -0.15) is 0 Å². The van der Waals surface area contributed by atoms with Gasteiger partial charge in [-0.1, -0.05) is 12.1 Å². The van der Waals surface area contributed by atoms with Gasteiger partial charge in [-0.25, -0.2) is 24.3 Å². The van der Waals surface area contributed by atoms with Gasteiger partial charge in [0.25, 0.3) is 0 Å². The number of fused-ring (bicyclic) bond motifs is 2. The van der Waals surface area contributed by atoms with Crippen LogP contribution in [0.2, 0.25) is 0 Å². The molecule has 6 rings (SSSR count). The molecule has 36 heavy (non-hydrogen) atoms. The third-order valence-corrected chi connectivity index (χ3v) is 6.43. The zero-order valence-corrected chi connectivity index (χ0v) is 19.7. The van der Waals surface area contributed by atoms with Crippen LogP contribution < -0.4 is 15.4 Å². The molecule has 0 radical (unpaired) electrons. The number of halogens is 1. The lowest BCUT2D eigenvalue weighted by Crippen LogP contribution is -2.28. The Balaban J connectivity index is 1.34. The van der Waals surface area contributed by atoms with E-state index in [1.807, 2.05) is 31.2 Å². The van der Waals surface area contributed by atoms with Crippen molar-refractivity contribution in [3.63, 3.8) is 0 Å². The Morgan fingerprint density at radius 1 is 1.06 bits per heavy atom. The summed E-state index contributed by atoms with van der Waals surface area (Å²) in [4.78, 5) is 23.2. The van der Waals surface area contributed by atoms with Gasteiger partial charge in [0, 0.05) is 35.3 Å². The number of aromatic amines is 1. The average Bonchev–Trinajstić information content (AvgIpc) is 3.12. The molecule has 0 amide bonds. The topological polar surface area (TPSA) is 106 Å². The highest BCUT2D eigenvalue weighted by molar-refractivity contribution is 5.77. The molecule has 0 unspecified atom stereocenters. The minimum absolute atomic E-state index is 0.248. The Hall–Kier alpha value is -4.53. The SMILES string of the molecule is Cc1ncnc(N2CCOc3ccc(-c4ccc5nc(N)[nH]c5n4)cc3C2)c1Cc1ccc(F)cc1. The minimum Gasteiger partial charge on any atom is -0.491 e. The first-order valence-electron chi connectivity index (χ1n) is 11.7. The average molecular weight is 482 g/mol. The van der Waals surface area contributed by atoms with Gasteiger partial charge < -0.3 is 20.4 Å². The number of aromatic nitrogens is 5. The van der Waals surface area contributed by atoms with Gasteiger partial charge in [0.15, 0.2) is 11.6 Å². The second kappa shape index (κ2) is 8.92. The van der Waals surface area contributed by atoms with E-state index >= 15 is 0 Å². The zero-order valence-electron chi connectivity index (χ0n) is 19.7. The van der Waals surface area contributed by atoms with Crippen molar-refractivity contribution < 1.29 is 9.13 Å². The number of nitrogens with two attached hydrogens (primary N) is 1. The molecule has 180 valence electrons. The lowest BCUT2D eigenvalue weighted by atomic mass is 10.0. The van der Waals surface area contributed by atoms with E-state index in [1.54, 1.807) is 18.5 Å². The summed E-state index contributed by atoms with van der Waals surface area (Å²) in [7, 11) is 0. The number of nitrogens with one attached hydrogen (secondary N) is 1. The minimum atomic E-state index is -0.248. The monoisotopic (exact) mass is 481 g/mol. The van der Waals surface area contributed by atoms with Crippen LogP contribution in [0.1, 0.15) is 22.4 Å². The van der Waals surface area contributed by atoms with Crippen LogP contribution in [-0.2, 0) is 13.0 Å². The third-order valence-electron chi connectivity index (χ3n) is 6.43. The van der Waals surface area contributed by atoms with Crippen molar-refractivity contribution in [2.75, 3.05) is 23.8 Å². The largest absolute Gasteiger partial charge is 0.491 e. The molecule has 0 fully saturated rings. The molecule has 8 nitrogen and oxygen atoms in total. The Bertz CT molecular complexity index is 1570. The smallest absolute Gasteiger partial charge is 0.199 e. The maximum Gasteiger partial charge on any atom is 0.199 e. The summed E-state index contributed by atoms with van der Waals surface area (Å²) in [5.74, 6) is 1.80. The summed E-state index contributed by atoms with van der Waals surface area (Å²) in [6.45, 7) is 3.81. The molecule has 9 heteroatoms. The van der Waals surface area contributed by atoms with Gasteiger partial charge in [0.2, 0.25) is 0 Å². The van der Waals surface area contributed by atoms with Gasteiger partial charge >= 0.3 is 0 Å². The fraction of sp³-hybridized carbons (Fsp3) is 0.185.